The lowest BCUT2D eigenvalue weighted by molar-refractivity contribution is -0.123. The molecule has 7 nitrogen and oxygen atoms in total. The number of nitrogens with zero attached hydrogens (tertiary/aromatic N) is 4. The first-order chi connectivity index (χ1) is 16.8. The predicted molar refractivity (Wildman–Crippen MR) is 140 cm³/mol. The summed E-state index contributed by atoms with van der Waals surface area (Å²) in [5.41, 5.74) is 3.83. The van der Waals surface area contributed by atoms with E-state index in [-0.39, 0.29) is 19.0 Å². The Morgan fingerprint density at radius 1 is 1.14 bits per heavy atom. The van der Waals surface area contributed by atoms with E-state index in [0.29, 0.717) is 28.7 Å². The monoisotopic (exact) mass is 526 g/mol. The van der Waals surface area contributed by atoms with Gasteiger partial charge in [0.2, 0.25) is 5.91 Å². The third-order valence-corrected chi connectivity index (χ3v) is 10.7. The molecule has 0 saturated carbocycles. The molecule has 182 valence electrons. The minimum absolute atomic E-state index is 0.115. The average Bonchev–Trinajstić information content (AvgIpc) is 3.57. The first-order valence-corrected chi connectivity index (χ1v) is 14.6. The molecule has 0 spiro atoms. The summed E-state index contributed by atoms with van der Waals surface area (Å²) in [4.78, 5) is 24.9. The third-order valence-electron chi connectivity index (χ3n) is 6.30. The molecule has 1 aromatic carbocycles. The van der Waals surface area contributed by atoms with Gasteiger partial charge >= 0.3 is 0 Å². The normalized spacial score (nSPS) is 17.0. The topological polar surface area (TPSA) is 83.5 Å². The minimum atomic E-state index is -3.61. The van der Waals surface area contributed by atoms with Crippen LogP contribution in [0.25, 0.3) is 10.2 Å². The third kappa shape index (κ3) is 4.75. The summed E-state index contributed by atoms with van der Waals surface area (Å²) < 4.78 is 29.1. The summed E-state index contributed by atoms with van der Waals surface area (Å²) in [6.07, 6.45) is 2.98. The molecule has 35 heavy (non-hydrogen) atoms. The number of fused-ring (bicyclic) bond motifs is 1. The Balaban J connectivity index is 1.48. The number of hydrogen-bond acceptors (Lipinski definition) is 7. The van der Waals surface area contributed by atoms with Crippen LogP contribution in [-0.4, -0.2) is 41.7 Å². The Morgan fingerprint density at radius 2 is 1.97 bits per heavy atom. The van der Waals surface area contributed by atoms with E-state index in [2.05, 4.69) is 11.1 Å². The van der Waals surface area contributed by atoms with Crippen LogP contribution < -0.4 is 4.90 Å². The van der Waals surface area contributed by atoms with Gasteiger partial charge in [0, 0.05) is 19.3 Å². The van der Waals surface area contributed by atoms with Gasteiger partial charge in [-0.1, -0.05) is 35.6 Å². The van der Waals surface area contributed by atoms with Gasteiger partial charge in [0.05, 0.1) is 28.4 Å². The van der Waals surface area contributed by atoms with Crippen LogP contribution in [0.3, 0.4) is 0 Å². The van der Waals surface area contributed by atoms with Crippen molar-refractivity contribution in [3.05, 3.63) is 70.9 Å². The fraction of sp³-hybridized carbons (Fsp3) is 0.320. The Morgan fingerprint density at radius 3 is 2.69 bits per heavy atom. The molecule has 1 amide bonds. The molecule has 0 aliphatic carbocycles. The second-order valence-corrected chi connectivity index (χ2v) is 12.8. The van der Waals surface area contributed by atoms with Crippen molar-refractivity contribution in [2.24, 2.45) is 5.92 Å². The number of aryl methyl sites for hydroxylation is 2. The summed E-state index contributed by atoms with van der Waals surface area (Å²) in [6.45, 7) is 4.93. The average molecular weight is 527 g/mol. The molecular formula is C25H26N4O3S3. The van der Waals surface area contributed by atoms with E-state index in [9.17, 15) is 13.2 Å². The number of carbonyl (C=O) groups is 1. The lowest BCUT2D eigenvalue weighted by Gasteiger charge is -2.33. The highest BCUT2D eigenvalue weighted by Crippen LogP contribution is 2.35. The number of thiophene rings is 1. The van der Waals surface area contributed by atoms with Crippen molar-refractivity contribution in [3.8, 4) is 0 Å². The standard InChI is InChI=1S/C25H26N4O3S3/c1-17-10-11-18(2)23-22(17)27-25(34-23)29(16-20-8-3-4-12-26-20)24(30)19-7-5-13-28(15-19)35(31,32)21-9-6-14-33-21/h3-4,6,8-12,14,19H,5,7,13,15-16H2,1-2H3. The van der Waals surface area contributed by atoms with E-state index >= 15 is 0 Å². The summed E-state index contributed by atoms with van der Waals surface area (Å²) in [5.74, 6) is -0.562. The molecule has 0 N–H and O–H groups in total. The smallest absolute Gasteiger partial charge is 0.252 e. The number of anilines is 1. The minimum Gasteiger partial charge on any atom is -0.282 e. The van der Waals surface area contributed by atoms with Crippen molar-refractivity contribution >= 4 is 54.0 Å². The van der Waals surface area contributed by atoms with Crippen molar-refractivity contribution in [2.45, 2.75) is 37.4 Å². The second-order valence-electron chi connectivity index (χ2n) is 8.75. The fourth-order valence-electron chi connectivity index (χ4n) is 4.38. The van der Waals surface area contributed by atoms with Crippen molar-refractivity contribution in [1.29, 1.82) is 0 Å². The Labute approximate surface area is 213 Å². The van der Waals surface area contributed by atoms with Gasteiger partial charge in [-0.3, -0.25) is 14.7 Å². The van der Waals surface area contributed by atoms with Crippen LogP contribution in [0.1, 0.15) is 29.7 Å². The van der Waals surface area contributed by atoms with E-state index in [1.165, 1.54) is 27.0 Å². The molecule has 1 atom stereocenters. The summed E-state index contributed by atoms with van der Waals surface area (Å²) >= 11 is 2.70. The number of sulfonamides is 1. The van der Waals surface area contributed by atoms with Gasteiger partial charge in [-0.25, -0.2) is 13.4 Å². The number of amides is 1. The van der Waals surface area contributed by atoms with Gasteiger partial charge in [-0.2, -0.15) is 4.31 Å². The SMILES string of the molecule is Cc1ccc(C)c2sc(N(Cc3ccccn3)C(=O)C3CCCN(S(=O)(=O)c4cccs4)C3)nc12. The molecule has 10 heteroatoms. The maximum absolute atomic E-state index is 14.0. The number of aromatic nitrogens is 2. The van der Waals surface area contributed by atoms with Gasteiger partial charge in [0.25, 0.3) is 10.0 Å². The van der Waals surface area contributed by atoms with Crippen LogP contribution in [0, 0.1) is 19.8 Å². The van der Waals surface area contributed by atoms with Crippen molar-refractivity contribution < 1.29 is 13.2 Å². The number of hydrogen-bond donors (Lipinski definition) is 0. The maximum Gasteiger partial charge on any atom is 0.252 e. The maximum atomic E-state index is 14.0. The van der Waals surface area contributed by atoms with Crippen molar-refractivity contribution in [1.82, 2.24) is 14.3 Å². The highest BCUT2D eigenvalue weighted by molar-refractivity contribution is 7.91. The summed E-state index contributed by atoms with van der Waals surface area (Å²) in [7, 11) is -3.61. The highest BCUT2D eigenvalue weighted by atomic mass is 32.2. The van der Waals surface area contributed by atoms with Crippen LogP contribution in [0.15, 0.2) is 58.3 Å². The van der Waals surface area contributed by atoms with Crippen LogP contribution in [-0.2, 0) is 21.4 Å². The molecule has 1 saturated heterocycles. The Kier molecular flexibility index (Phi) is 6.71. The molecular weight excluding hydrogens is 501 g/mol. The highest BCUT2D eigenvalue weighted by Gasteiger charge is 2.36. The lowest BCUT2D eigenvalue weighted by atomic mass is 9.98. The zero-order chi connectivity index (χ0) is 24.6. The summed E-state index contributed by atoms with van der Waals surface area (Å²) in [6, 6.07) is 13.1. The van der Waals surface area contributed by atoms with Crippen molar-refractivity contribution in [2.75, 3.05) is 18.0 Å². The van der Waals surface area contributed by atoms with Gasteiger partial charge in [-0.15, -0.1) is 11.3 Å². The molecule has 1 fully saturated rings. The first kappa shape index (κ1) is 24.1. The zero-order valence-electron chi connectivity index (χ0n) is 19.5. The van der Waals surface area contributed by atoms with E-state index < -0.39 is 15.9 Å². The van der Waals surface area contributed by atoms with E-state index in [1.807, 2.05) is 38.1 Å². The number of carbonyl (C=O) groups excluding carboxylic acids is 1. The fourth-order valence-corrected chi connectivity index (χ4v) is 8.16. The summed E-state index contributed by atoms with van der Waals surface area (Å²) in [5, 5.41) is 2.37. The molecule has 1 aliphatic heterocycles. The largest absolute Gasteiger partial charge is 0.282 e. The van der Waals surface area contributed by atoms with Crippen LogP contribution >= 0.6 is 22.7 Å². The molecule has 0 bridgehead atoms. The van der Waals surface area contributed by atoms with E-state index in [1.54, 1.807) is 28.6 Å². The molecule has 5 rings (SSSR count). The molecule has 1 unspecified atom stereocenters. The molecule has 4 aromatic rings. The van der Waals surface area contributed by atoms with Crippen LogP contribution in [0.5, 0.6) is 0 Å². The number of benzene rings is 1. The van der Waals surface area contributed by atoms with Gasteiger partial charge in [0.1, 0.15) is 4.21 Å². The predicted octanol–water partition coefficient (Wildman–Crippen LogP) is 5.00. The molecule has 3 aromatic heterocycles. The van der Waals surface area contributed by atoms with Crippen molar-refractivity contribution in [3.63, 3.8) is 0 Å². The van der Waals surface area contributed by atoms with Gasteiger partial charge < -0.3 is 0 Å². The molecule has 4 heterocycles. The molecule has 1 aliphatic rings. The quantitative estimate of drug-likeness (QED) is 0.353. The Hall–Kier alpha value is -2.66. The Bertz CT molecular complexity index is 1410. The number of pyridine rings is 1. The van der Waals surface area contributed by atoms with Gasteiger partial charge in [0.15, 0.2) is 5.13 Å². The zero-order valence-corrected chi connectivity index (χ0v) is 22.0. The van der Waals surface area contributed by atoms with Crippen LogP contribution in [0.2, 0.25) is 0 Å². The number of piperidine rings is 1. The van der Waals surface area contributed by atoms with E-state index in [0.717, 1.165) is 27.0 Å². The number of thiazole rings is 1. The number of rotatable bonds is 6. The molecule has 0 radical (unpaired) electrons. The second kappa shape index (κ2) is 9.77. The first-order valence-electron chi connectivity index (χ1n) is 11.5. The van der Waals surface area contributed by atoms with E-state index in [4.69, 9.17) is 4.98 Å². The van der Waals surface area contributed by atoms with Gasteiger partial charge in [-0.05, 0) is 61.4 Å². The lowest BCUT2D eigenvalue weighted by Crippen LogP contribution is -2.46. The van der Waals surface area contributed by atoms with Crippen LogP contribution in [0.4, 0.5) is 5.13 Å².